The third-order valence-electron chi connectivity index (χ3n) is 4.13. The molecule has 116 valence electrons. The average Bonchev–Trinajstić information content (AvgIpc) is 2.35. The zero-order valence-electron chi connectivity index (χ0n) is 12.9. The highest BCUT2D eigenvalue weighted by Gasteiger charge is 2.43. The van der Waals surface area contributed by atoms with Crippen molar-refractivity contribution in [1.82, 2.24) is 10.6 Å². The van der Waals surface area contributed by atoms with Gasteiger partial charge in [0, 0.05) is 6.04 Å². The summed E-state index contributed by atoms with van der Waals surface area (Å²) < 4.78 is 0. The highest BCUT2D eigenvalue weighted by Crippen LogP contribution is 2.32. The topological polar surface area (TPSA) is 78.4 Å². The molecular formula is C15H28N2O3. The van der Waals surface area contributed by atoms with Crippen LogP contribution in [-0.2, 0) is 4.79 Å². The molecule has 2 amide bonds. The number of carboxylic acids is 1. The van der Waals surface area contributed by atoms with Crippen LogP contribution in [0.5, 0.6) is 0 Å². The van der Waals surface area contributed by atoms with Crippen molar-refractivity contribution in [2.45, 2.75) is 77.3 Å². The molecule has 0 radical (unpaired) electrons. The fraction of sp³-hybridized carbons (Fsp3) is 0.867. The fourth-order valence-corrected chi connectivity index (χ4v) is 2.97. The molecule has 1 aliphatic rings. The second-order valence-electron chi connectivity index (χ2n) is 6.23. The normalized spacial score (nSPS) is 27.6. The van der Waals surface area contributed by atoms with Crippen LogP contribution in [0.25, 0.3) is 0 Å². The van der Waals surface area contributed by atoms with E-state index in [1.165, 1.54) is 0 Å². The van der Waals surface area contributed by atoms with Crippen LogP contribution in [0.4, 0.5) is 4.79 Å². The maximum atomic E-state index is 12.0. The fourth-order valence-electron chi connectivity index (χ4n) is 2.97. The predicted octanol–water partition coefficient (Wildman–Crippen LogP) is 2.90. The minimum Gasteiger partial charge on any atom is -0.480 e. The molecule has 0 aliphatic heterocycles. The first kappa shape index (κ1) is 16.8. The minimum absolute atomic E-state index is 0.0711. The number of aliphatic carboxylic acids is 1. The molecule has 0 spiro atoms. The average molecular weight is 284 g/mol. The van der Waals surface area contributed by atoms with Crippen LogP contribution in [0.1, 0.15) is 65.7 Å². The van der Waals surface area contributed by atoms with Crippen molar-refractivity contribution in [3.63, 3.8) is 0 Å². The number of amides is 2. The maximum Gasteiger partial charge on any atom is 0.329 e. The first-order valence-electron chi connectivity index (χ1n) is 7.71. The van der Waals surface area contributed by atoms with Gasteiger partial charge in [0.05, 0.1) is 0 Å². The van der Waals surface area contributed by atoms with E-state index in [2.05, 4.69) is 17.6 Å². The Morgan fingerprint density at radius 1 is 1.45 bits per heavy atom. The third kappa shape index (κ3) is 4.69. The van der Waals surface area contributed by atoms with E-state index in [1.807, 2.05) is 13.8 Å². The number of unbranched alkanes of at least 4 members (excludes halogenated alkanes) is 1. The van der Waals surface area contributed by atoms with Gasteiger partial charge < -0.3 is 15.7 Å². The molecule has 3 atom stereocenters. The molecule has 5 heteroatoms. The van der Waals surface area contributed by atoms with Crippen LogP contribution < -0.4 is 10.6 Å². The first-order valence-corrected chi connectivity index (χ1v) is 7.71. The Morgan fingerprint density at radius 2 is 2.15 bits per heavy atom. The van der Waals surface area contributed by atoms with Crippen molar-refractivity contribution < 1.29 is 14.7 Å². The van der Waals surface area contributed by atoms with Gasteiger partial charge in [-0.25, -0.2) is 9.59 Å². The van der Waals surface area contributed by atoms with Crippen LogP contribution in [0.15, 0.2) is 0 Å². The lowest BCUT2D eigenvalue weighted by atomic mass is 9.76. The van der Waals surface area contributed by atoms with Crippen molar-refractivity contribution in [1.29, 1.82) is 0 Å². The number of carboxylic acid groups (broad SMARTS) is 1. The van der Waals surface area contributed by atoms with Gasteiger partial charge in [-0.15, -0.1) is 0 Å². The van der Waals surface area contributed by atoms with Crippen LogP contribution in [0, 0.1) is 5.92 Å². The molecule has 0 heterocycles. The maximum absolute atomic E-state index is 12.0. The van der Waals surface area contributed by atoms with Crippen molar-refractivity contribution in [2.75, 3.05) is 0 Å². The molecule has 0 aromatic rings. The van der Waals surface area contributed by atoms with E-state index in [1.54, 1.807) is 0 Å². The second-order valence-corrected chi connectivity index (χ2v) is 6.23. The Bertz CT molecular complexity index is 346. The van der Waals surface area contributed by atoms with Crippen molar-refractivity contribution in [3.8, 4) is 0 Å². The Balaban J connectivity index is 2.57. The lowest BCUT2D eigenvalue weighted by Crippen LogP contribution is -2.59. The molecule has 3 unspecified atom stereocenters. The van der Waals surface area contributed by atoms with Gasteiger partial charge in [0.25, 0.3) is 0 Å². The molecule has 0 saturated heterocycles. The largest absolute Gasteiger partial charge is 0.480 e. The molecular weight excluding hydrogens is 256 g/mol. The summed E-state index contributed by atoms with van der Waals surface area (Å²) >= 11 is 0. The van der Waals surface area contributed by atoms with E-state index in [9.17, 15) is 14.7 Å². The molecule has 0 bridgehead atoms. The molecule has 3 N–H and O–H groups in total. The van der Waals surface area contributed by atoms with Crippen LogP contribution in [0.2, 0.25) is 0 Å². The summed E-state index contributed by atoms with van der Waals surface area (Å²) in [6.07, 6.45) is 5.97. The van der Waals surface area contributed by atoms with Crippen molar-refractivity contribution in [2.24, 2.45) is 5.92 Å². The smallest absolute Gasteiger partial charge is 0.329 e. The predicted molar refractivity (Wildman–Crippen MR) is 78.7 cm³/mol. The van der Waals surface area contributed by atoms with Gasteiger partial charge in [0.15, 0.2) is 0 Å². The number of nitrogens with one attached hydrogen (secondary N) is 2. The summed E-state index contributed by atoms with van der Waals surface area (Å²) in [6.45, 7) is 6.10. The number of hydrogen-bond donors (Lipinski definition) is 3. The second kappa shape index (κ2) is 7.50. The number of hydrogen-bond acceptors (Lipinski definition) is 2. The quantitative estimate of drug-likeness (QED) is 0.701. The van der Waals surface area contributed by atoms with Crippen LogP contribution in [-0.4, -0.2) is 28.7 Å². The van der Waals surface area contributed by atoms with E-state index in [0.717, 1.165) is 32.1 Å². The van der Waals surface area contributed by atoms with E-state index >= 15 is 0 Å². The molecule has 0 aromatic heterocycles. The Morgan fingerprint density at radius 3 is 2.70 bits per heavy atom. The van der Waals surface area contributed by atoms with Gasteiger partial charge in [0.1, 0.15) is 5.54 Å². The van der Waals surface area contributed by atoms with Gasteiger partial charge in [-0.05, 0) is 32.1 Å². The van der Waals surface area contributed by atoms with Gasteiger partial charge in [-0.2, -0.15) is 0 Å². The van der Waals surface area contributed by atoms with Gasteiger partial charge >= 0.3 is 12.0 Å². The summed E-state index contributed by atoms with van der Waals surface area (Å²) in [5.74, 6) is -0.585. The summed E-state index contributed by atoms with van der Waals surface area (Å²) in [5.41, 5.74) is -1.09. The Hall–Kier alpha value is -1.26. The number of rotatable bonds is 6. The van der Waals surface area contributed by atoms with E-state index in [-0.39, 0.29) is 12.1 Å². The van der Waals surface area contributed by atoms with Gasteiger partial charge in [0.2, 0.25) is 0 Å². The molecule has 1 saturated carbocycles. The molecule has 1 aliphatic carbocycles. The van der Waals surface area contributed by atoms with Gasteiger partial charge in [-0.1, -0.05) is 39.5 Å². The minimum atomic E-state index is -1.09. The third-order valence-corrected chi connectivity index (χ3v) is 4.13. The van der Waals surface area contributed by atoms with Crippen molar-refractivity contribution in [3.05, 3.63) is 0 Å². The Labute approximate surface area is 121 Å². The van der Waals surface area contributed by atoms with Gasteiger partial charge in [-0.3, -0.25) is 0 Å². The standard InChI is InChI=1S/C15H28N2O3/c1-4-5-8-12(3)16-14(20)17-15(13(18)19)9-6-7-11(2)10-15/h11-12H,4-10H2,1-3H3,(H,18,19)(H2,16,17,20). The van der Waals surface area contributed by atoms with E-state index in [4.69, 9.17) is 0 Å². The van der Waals surface area contributed by atoms with Crippen LogP contribution >= 0.6 is 0 Å². The molecule has 5 nitrogen and oxygen atoms in total. The summed E-state index contributed by atoms with van der Waals surface area (Å²) in [5, 5.41) is 15.1. The molecule has 20 heavy (non-hydrogen) atoms. The van der Waals surface area contributed by atoms with E-state index < -0.39 is 11.5 Å². The lowest BCUT2D eigenvalue weighted by molar-refractivity contribution is -0.146. The number of urea groups is 1. The lowest BCUT2D eigenvalue weighted by Gasteiger charge is -2.37. The highest BCUT2D eigenvalue weighted by atomic mass is 16.4. The molecule has 1 fully saturated rings. The molecule has 1 rings (SSSR count). The number of carbonyl (C=O) groups excluding carboxylic acids is 1. The zero-order chi connectivity index (χ0) is 15.2. The molecule has 0 aromatic carbocycles. The summed E-state index contributed by atoms with van der Waals surface area (Å²) in [6, 6.07) is -0.285. The highest BCUT2D eigenvalue weighted by molar-refractivity contribution is 5.86. The SMILES string of the molecule is CCCCC(C)NC(=O)NC1(C(=O)O)CCCC(C)C1. The monoisotopic (exact) mass is 284 g/mol. The summed E-state index contributed by atoms with van der Waals surface area (Å²) in [4.78, 5) is 23.6. The Kier molecular flexibility index (Phi) is 6.30. The zero-order valence-corrected chi connectivity index (χ0v) is 12.9. The number of carbonyl (C=O) groups is 2. The van der Waals surface area contributed by atoms with Crippen LogP contribution in [0.3, 0.4) is 0 Å². The van der Waals surface area contributed by atoms with E-state index in [0.29, 0.717) is 18.8 Å². The van der Waals surface area contributed by atoms with Crippen molar-refractivity contribution >= 4 is 12.0 Å². The summed E-state index contributed by atoms with van der Waals surface area (Å²) in [7, 11) is 0. The first-order chi connectivity index (χ1) is 9.39.